The van der Waals surface area contributed by atoms with Crippen molar-refractivity contribution in [2.75, 3.05) is 26.2 Å². The van der Waals surface area contributed by atoms with E-state index in [1.807, 2.05) is 5.38 Å². The zero-order valence-electron chi connectivity index (χ0n) is 13.8. The van der Waals surface area contributed by atoms with Crippen molar-refractivity contribution in [3.8, 4) is 0 Å². The zero-order chi connectivity index (χ0) is 16.5. The molecular formula is C17H24N4O2S. The molecular weight excluding hydrogens is 324 g/mol. The molecule has 0 spiro atoms. The van der Waals surface area contributed by atoms with Crippen LogP contribution >= 0.6 is 11.3 Å². The third-order valence-corrected chi connectivity index (χ3v) is 6.07. The second-order valence-corrected chi connectivity index (χ2v) is 7.75. The first-order valence-electron chi connectivity index (χ1n) is 8.81. The predicted molar refractivity (Wildman–Crippen MR) is 94.5 cm³/mol. The molecule has 1 saturated carbocycles. The molecule has 4 rings (SSSR count). The number of rotatable bonds is 3. The number of hydrogen-bond donors (Lipinski definition) is 1. The van der Waals surface area contributed by atoms with Crippen LogP contribution in [0.15, 0.2) is 22.4 Å². The molecule has 2 aromatic heterocycles. The molecule has 1 aliphatic heterocycles. The van der Waals surface area contributed by atoms with E-state index < -0.39 is 0 Å². The minimum absolute atomic E-state index is 0.000198. The maximum atomic E-state index is 12.1. The Balaban J connectivity index is 1.38. The maximum absolute atomic E-state index is 12.1. The number of aromatic nitrogens is 2. The summed E-state index contributed by atoms with van der Waals surface area (Å²) in [5.74, 6) is 0. The first kappa shape index (κ1) is 16.2. The molecule has 24 heavy (non-hydrogen) atoms. The summed E-state index contributed by atoms with van der Waals surface area (Å²) in [7, 11) is 0. The van der Waals surface area contributed by atoms with Crippen LogP contribution in [0, 0.1) is 0 Å². The van der Waals surface area contributed by atoms with Gasteiger partial charge in [0, 0.05) is 56.4 Å². The largest absolute Gasteiger partial charge is 0.391 e. The van der Waals surface area contributed by atoms with Gasteiger partial charge < -0.3 is 5.11 Å². The Kier molecular flexibility index (Phi) is 4.67. The summed E-state index contributed by atoms with van der Waals surface area (Å²) in [4.78, 5) is 22.2. The highest BCUT2D eigenvalue weighted by atomic mass is 32.1. The van der Waals surface area contributed by atoms with Gasteiger partial charge in [-0.15, -0.1) is 11.3 Å². The van der Waals surface area contributed by atoms with Crippen LogP contribution in [0.2, 0.25) is 0 Å². The van der Waals surface area contributed by atoms with Gasteiger partial charge in [-0.25, -0.2) is 4.98 Å². The van der Waals surface area contributed by atoms with Crippen LogP contribution in [0.3, 0.4) is 0 Å². The minimum Gasteiger partial charge on any atom is -0.391 e. The van der Waals surface area contributed by atoms with Crippen LogP contribution in [-0.4, -0.2) is 62.6 Å². The van der Waals surface area contributed by atoms with Crippen LogP contribution in [-0.2, 0) is 6.54 Å². The van der Waals surface area contributed by atoms with E-state index in [0.29, 0.717) is 6.04 Å². The van der Waals surface area contributed by atoms with Crippen molar-refractivity contribution in [1.82, 2.24) is 19.2 Å². The van der Waals surface area contributed by atoms with Crippen molar-refractivity contribution in [2.45, 2.75) is 44.4 Å². The lowest BCUT2D eigenvalue weighted by Crippen LogP contribution is -2.54. The molecule has 2 fully saturated rings. The Hall–Kier alpha value is -1.28. The smallest absolute Gasteiger partial charge is 0.258 e. The minimum atomic E-state index is -0.159. The third kappa shape index (κ3) is 3.26. The van der Waals surface area contributed by atoms with Gasteiger partial charge in [-0.2, -0.15) is 0 Å². The highest BCUT2D eigenvalue weighted by Gasteiger charge is 2.30. The van der Waals surface area contributed by atoms with Crippen LogP contribution < -0.4 is 5.56 Å². The highest BCUT2D eigenvalue weighted by molar-refractivity contribution is 7.15. The molecule has 6 nitrogen and oxygen atoms in total. The molecule has 0 radical (unpaired) electrons. The molecule has 0 amide bonds. The van der Waals surface area contributed by atoms with Gasteiger partial charge in [-0.3, -0.25) is 19.0 Å². The predicted octanol–water partition coefficient (Wildman–Crippen LogP) is 1.18. The van der Waals surface area contributed by atoms with Gasteiger partial charge in [0.25, 0.3) is 5.56 Å². The number of hydrogen-bond acceptors (Lipinski definition) is 6. The van der Waals surface area contributed by atoms with E-state index in [1.54, 1.807) is 16.7 Å². The summed E-state index contributed by atoms with van der Waals surface area (Å²) >= 11 is 1.49. The van der Waals surface area contributed by atoms with Gasteiger partial charge in [0.1, 0.15) is 0 Å². The summed E-state index contributed by atoms with van der Waals surface area (Å²) in [5, 5.41) is 12.1. The second-order valence-electron chi connectivity index (χ2n) is 6.87. The number of aliphatic hydroxyl groups excluding tert-OH is 1. The Labute approximate surface area is 145 Å². The number of aliphatic hydroxyl groups is 1. The molecule has 3 heterocycles. The fraction of sp³-hybridized carbons (Fsp3) is 0.647. The van der Waals surface area contributed by atoms with E-state index in [2.05, 4.69) is 14.8 Å². The number of thiazole rings is 1. The van der Waals surface area contributed by atoms with E-state index in [-0.39, 0.29) is 11.7 Å². The molecule has 130 valence electrons. The molecule has 2 atom stereocenters. The van der Waals surface area contributed by atoms with E-state index >= 15 is 0 Å². The van der Waals surface area contributed by atoms with Gasteiger partial charge in [-0.1, -0.05) is 12.8 Å². The summed E-state index contributed by atoms with van der Waals surface area (Å²) < 4.78 is 1.59. The first-order chi connectivity index (χ1) is 11.7. The Morgan fingerprint density at radius 2 is 2.00 bits per heavy atom. The van der Waals surface area contributed by atoms with Crippen molar-refractivity contribution in [2.24, 2.45) is 0 Å². The summed E-state index contributed by atoms with van der Waals surface area (Å²) in [6, 6.07) is 1.99. The molecule has 2 unspecified atom stereocenters. The van der Waals surface area contributed by atoms with Crippen molar-refractivity contribution in [3.63, 3.8) is 0 Å². The normalized spacial score (nSPS) is 26.9. The second kappa shape index (κ2) is 6.92. The monoisotopic (exact) mass is 348 g/mol. The maximum Gasteiger partial charge on any atom is 0.258 e. The average molecular weight is 348 g/mol. The average Bonchev–Trinajstić information content (AvgIpc) is 3.05. The number of nitrogens with zero attached hydrogens (tertiary/aromatic N) is 4. The summed E-state index contributed by atoms with van der Waals surface area (Å²) in [6.45, 7) is 4.64. The SMILES string of the molecule is O=c1cc(CN2CCN(C3CCCCC3O)CC2)nc2sccn12. The van der Waals surface area contributed by atoms with Crippen LogP contribution in [0.4, 0.5) is 0 Å². The fourth-order valence-corrected chi connectivity index (χ4v) is 4.71. The van der Waals surface area contributed by atoms with Crippen LogP contribution in [0.5, 0.6) is 0 Å². The standard InChI is InChI=1S/C17H24N4O2S/c22-15-4-2-1-3-14(15)20-7-5-19(6-8-20)12-13-11-16(23)21-9-10-24-17(21)18-13/h9-11,14-15,22H,1-8,12H2. The van der Waals surface area contributed by atoms with E-state index in [9.17, 15) is 9.90 Å². The van der Waals surface area contributed by atoms with E-state index in [4.69, 9.17) is 0 Å². The molecule has 0 aromatic carbocycles. The topological polar surface area (TPSA) is 61.1 Å². The molecule has 2 aromatic rings. The van der Waals surface area contributed by atoms with Crippen molar-refractivity contribution < 1.29 is 5.11 Å². The van der Waals surface area contributed by atoms with Gasteiger partial charge in [-0.05, 0) is 12.8 Å². The van der Waals surface area contributed by atoms with Gasteiger partial charge in [0.05, 0.1) is 11.8 Å². The highest BCUT2D eigenvalue weighted by Crippen LogP contribution is 2.24. The molecule has 7 heteroatoms. The Morgan fingerprint density at radius 1 is 1.21 bits per heavy atom. The van der Waals surface area contributed by atoms with Crippen molar-refractivity contribution in [1.29, 1.82) is 0 Å². The number of piperazine rings is 1. The molecule has 2 aliphatic rings. The van der Waals surface area contributed by atoms with Gasteiger partial charge >= 0.3 is 0 Å². The molecule has 1 saturated heterocycles. The third-order valence-electron chi connectivity index (χ3n) is 5.31. The number of fused-ring (bicyclic) bond motifs is 1. The summed E-state index contributed by atoms with van der Waals surface area (Å²) in [5.41, 5.74) is 0.855. The van der Waals surface area contributed by atoms with E-state index in [0.717, 1.165) is 62.6 Å². The molecule has 1 N–H and O–H groups in total. The van der Waals surface area contributed by atoms with Crippen LogP contribution in [0.25, 0.3) is 4.96 Å². The first-order valence-corrected chi connectivity index (χ1v) is 9.69. The zero-order valence-corrected chi connectivity index (χ0v) is 14.6. The quantitative estimate of drug-likeness (QED) is 0.902. The fourth-order valence-electron chi connectivity index (χ4n) is 3.97. The van der Waals surface area contributed by atoms with Gasteiger partial charge in [0.2, 0.25) is 0 Å². The Morgan fingerprint density at radius 3 is 2.79 bits per heavy atom. The van der Waals surface area contributed by atoms with Crippen LogP contribution in [0.1, 0.15) is 31.4 Å². The molecule has 1 aliphatic carbocycles. The molecule has 0 bridgehead atoms. The van der Waals surface area contributed by atoms with Crippen molar-refractivity contribution in [3.05, 3.63) is 33.7 Å². The summed E-state index contributed by atoms with van der Waals surface area (Å²) in [6.07, 6.45) is 6.07. The van der Waals surface area contributed by atoms with E-state index in [1.165, 1.54) is 17.8 Å². The lowest BCUT2D eigenvalue weighted by molar-refractivity contribution is -0.00488. The lowest BCUT2D eigenvalue weighted by Gasteiger charge is -2.42. The van der Waals surface area contributed by atoms with Crippen molar-refractivity contribution >= 4 is 16.3 Å². The Bertz CT molecular complexity index is 750. The lowest BCUT2D eigenvalue weighted by atomic mass is 9.91. The van der Waals surface area contributed by atoms with Gasteiger partial charge in [0.15, 0.2) is 4.96 Å².